The van der Waals surface area contributed by atoms with Crippen LogP contribution in [-0.2, 0) is 40.1 Å². The van der Waals surface area contributed by atoms with Gasteiger partial charge in [0.25, 0.3) is 0 Å². The molecule has 3 amide bonds. The number of amides is 3. The zero-order valence-electron chi connectivity index (χ0n) is 25.0. The average Bonchev–Trinajstić information content (AvgIpc) is 2.92. The monoisotopic (exact) mass is 622 g/mol. The lowest BCUT2D eigenvalue weighted by Crippen LogP contribution is -2.56. The van der Waals surface area contributed by atoms with E-state index in [9.17, 15) is 28.8 Å². The van der Waals surface area contributed by atoms with Gasteiger partial charge in [-0.25, -0.2) is 9.59 Å². The summed E-state index contributed by atoms with van der Waals surface area (Å²) >= 11 is 0. The Morgan fingerprint density at radius 1 is 0.818 bits per heavy atom. The third-order valence-electron chi connectivity index (χ3n) is 5.70. The number of hydrogen-bond donors (Lipinski definition) is 7. The third-order valence-corrected chi connectivity index (χ3v) is 5.70. The van der Waals surface area contributed by atoms with Gasteiger partial charge in [-0.3, -0.25) is 24.2 Å². The normalized spacial score (nSPS) is 12.9. The predicted octanol–water partition coefficient (Wildman–Crippen LogP) is 0.376. The highest BCUT2D eigenvalue weighted by molar-refractivity contribution is 5.93. The molecular weight excluding hydrogens is 580 g/mol. The second-order valence-corrected chi connectivity index (χ2v) is 10.7. The smallest absolute Gasteiger partial charge is 0.408 e. The summed E-state index contributed by atoms with van der Waals surface area (Å²) in [7, 11) is 0. The van der Waals surface area contributed by atoms with Crippen LogP contribution in [0, 0.1) is 0 Å². The number of nitrogens with one attached hydrogen (secondary N) is 3. The van der Waals surface area contributed by atoms with Gasteiger partial charge in [0.2, 0.25) is 11.8 Å². The fourth-order valence-electron chi connectivity index (χ4n) is 3.65. The molecule has 16 heteroatoms. The molecule has 1 rings (SSSR count). The second-order valence-electron chi connectivity index (χ2n) is 10.7. The van der Waals surface area contributed by atoms with E-state index >= 15 is 0 Å². The first kappa shape index (κ1) is 37.1. The molecule has 0 spiro atoms. The van der Waals surface area contributed by atoms with Crippen LogP contribution in [-0.4, -0.2) is 82.3 Å². The van der Waals surface area contributed by atoms with Gasteiger partial charge in [0, 0.05) is 19.4 Å². The van der Waals surface area contributed by atoms with Crippen LogP contribution in [0.2, 0.25) is 0 Å². The van der Waals surface area contributed by atoms with Gasteiger partial charge in [0.05, 0.1) is 0 Å². The maximum absolute atomic E-state index is 13.4. The van der Waals surface area contributed by atoms with Gasteiger partial charge in [-0.05, 0) is 52.0 Å². The molecular formula is C28H42N6O10. The minimum Gasteiger partial charge on any atom is -0.481 e. The summed E-state index contributed by atoms with van der Waals surface area (Å²) in [5.74, 6) is -5.27. The van der Waals surface area contributed by atoms with Crippen molar-refractivity contribution in [2.45, 2.75) is 89.6 Å². The summed E-state index contributed by atoms with van der Waals surface area (Å²) in [5.41, 5.74) is 10.4. The number of alkyl carbamates (subject to hydrolysis) is 1. The van der Waals surface area contributed by atoms with Gasteiger partial charge < -0.3 is 47.1 Å². The van der Waals surface area contributed by atoms with Gasteiger partial charge >= 0.3 is 24.0 Å². The fraction of sp³-hybridized carbons (Fsp3) is 0.536. The van der Waals surface area contributed by atoms with Crippen molar-refractivity contribution in [3.63, 3.8) is 0 Å². The van der Waals surface area contributed by atoms with Crippen molar-refractivity contribution in [2.75, 3.05) is 6.54 Å². The molecule has 0 saturated heterocycles. The molecule has 3 atom stereocenters. The average molecular weight is 623 g/mol. The Morgan fingerprint density at radius 3 is 1.86 bits per heavy atom. The number of esters is 1. The van der Waals surface area contributed by atoms with Crippen molar-refractivity contribution in [3.8, 4) is 0 Å². The van der Waals surface area contributed by atoms with E-state index in [0.29, 0.717) is 5.56 Å². The van der Waals surface area contributed by atoms with E-state index in [1.807, 2.05) is 0 Å². The van der Waals surface area contributed by atoms with Gasteiger partial charge in [0.1, 0.15) is 30.3 Å². The molecule has 0 heterocycles. The molecule has 0 aliphatic carbocycles. The highest BCUT2D eigenvalue weighted by Crippen LogP contribution is 2.10. The molecule has 16 nitrogen and oxygen atoms in total. The molecule has 0 unspecified atom stereocenters. The highest BCUT2D eigenvalue weighted by Gasteiger charge is 2.31. The number of guanidine groups is 1. The number of nitrogens with zero attached hydrogens (tertiary/aromatic N) is 1. The van der Waals surface area contributed by atoms with Crippen molar-refractivity contribution in [1.29, 1.82) is 0 Å². The summed E-state index contributed by atoms with van der Waals surface area (Å²) < 4.78 is 10.5. The topological polar surface area (TPSA) is 262 Å². The molecule has 0 radical (unpaired) electrons. The van der Waals surface area contributed by atoms with Gasteiger partial charge in [-0.15, -0.1) is 0 Å². The second kappa shape index (κ2) is 18.6. The van der Waals surface area contributed by atoms with Crippen molar-refractivity contribution in [2.24, 2.45) is 16.5 Å². The molecule has 9 N–H and O–H groups in total. The molecule has 1 aromatic carbocycles. The first-order chi connectivity index (χ1) is 20.6. The number of carboxylic acid groups (broad SMARTS) is 2. The Hall–Kier alpha value is -4.89. The molecule has 0 aliphatic heterocycles. The van der Waals surface area contributed by atoms with E-state index in [1.54, 1.807) is 51.1 Å². The third kappa shape index (κ3) is 16.5. The van der Waals surface area contributed by atoms with Gasteiger partial charge in [-0.1, -0.05) is 30.3 Å². The molecule has 0 aliphatic rings. The lowest BCUT2D eigenvalue weighted by Gasteiger charge is -2.26. The van der Waals surface area contributed by atoms with Crippen LogP contribution in [0.1, 0.15) is 64.9 Å². The molecule has 1 aromatic rings. The van der Waals surface area contributed by atoms with Crippen LogP contribution in [0.4, 0.5) is 4.79 Å². The van der Waals surface area contributed by atoms with E-state index < -0.39 is 72.4 Å². The first-order valence-corrected chi connectivity index (χ1v) is 13.9. The predicted molar refractivity (Wildman–Crippen MR) is 157 cm³/mol. The van der Waals surface area contributed by atoms with Crippen LogP contribution in [0.3, 0.4) is 0 Å². The van der Waals surface area contributed by atoms with Gasteiger partial charge in [-0.2, -0.15) is 0 Å². The lowest BCUT2D eigenvalue weighted by molar-refractivity contribution is -0.150. The van der Waals surface area contributed by atoms with E-state index in [4.69, 9.17) is 31.2 Å². The Balaban J connectivity index is 3.15. The number of ether oxygens (including phenoxy) is 2. The number of benzene rings is 1. The van der Waals surface area contributed by atoms with Crippen molar-refractivity contribution < 1.29 is 48.5 Å². The summed E-state index contributed by atoms with van der Waals surface area (Å²) in [5, 5.41) is 25.5. The van der Waals surface area contributed by atoms with Crippen LogP contribution < -0.4 is 27.4 Å². The van der Waals surface area contributed by atoms with E-state index in [0.717, 1.165) is 0 Å². The van der Waals surface area contributed by atoms with Crippen LogP contribution in [0.25, 0.3) is 0 Å². The fourth-order valence-corrected chi connectivity index (χ4v) is 3.65. The summed E-state index contributed by atoms with van der Waals surface area (Å²) in [4.78, 5) is 78.0. The minimum atomic E-state index is -1.40. The minimum absolute atomic E-state index is 0.0445. The van der Waals surface area contributed by atoms with Gasteiger partial charge in [0.15, 0.2) is 5.96 Å². The van der Waals surface area contributed by atoms with Crippen molar-refractivity contribution in [3.05, 3.63) is 35.9 Å². The zero-order chi connectivity index (χ0) is 33.3. The molecule has 244 valence electrons. The number of rotatable bonds is 18. The number of carboxylic acids is 2. The van der Waals surface area contributed by atoms with E-state index in [-0.39, 0.29) is 44.8 Å². The van der Waals surface area contributed by atoms with E-state index in [2.05, 4.69) is 20.9 Å². The molecule has 0 saturated carbocycles. The quantitative estimate of drug-likeness (QED) is 0.0507. The number of hydrogen-bond acceptors (Lipinski definition) is 9. The number of aliphatic carboxylic acids is 2. The van der Waals surface area contributed by atoms with Crippen LogP contribution in [0.5, 0.6) is 0 Å². The number of carbonyl (C=O) groups is 6. The van der Waals surface area contributed by atoms with Crippen LogP contribution >= 0.6 is 0 Å². The standard InChI is InChI=1S/C28H42N6O10/c1-28(2,3)44-27(42)34-19(11-13-21(35)36)24(40)32-18(10-7-15-31-26(29)30)23(39)33-20(12-14-22(37)38)25(41)43-16-17-8-5-4-6-9-17/h4-6,8-9,18-20H,7,10-16H2,1-3H3,(H,32,40)(H,33,39)(H,34,42)(H,35,36)(H,37,38)(H4,29,30,31)/t18-,19-,20-/m0/s1. The maximum Gasteiger partial charge on any atom is 0.408 e. The summed E-state index contributed by atoms with van der Waals surface area (Å²) in [6.45, 7) is 4.76. The van der Waals surface area contributed by atoms with Crippen molar-refractivity contribution >= 4 is 41.8 Å². The van der Waals surface area contributed by atoms with Crippen LogP contribution in [0.15, 0.2) is 35.3 Å². The SMILES string of the molecule is CC(C)(C)OC(=O)N[C@@H](CCC(=O)O)C(=O)N[C@@H](CCCN=C(N)N)C(=O)N[C@@H](CCC(=O)O)C(=O)OCc1ccccc1. The first-order valence-electron chi connectivity index (χ1n) is 13.9. The molecule has 44 heavy (non-hydrogen) atoms. The highest BCUT2D eigenvalue weighted by atomic mass is 16.6. The number of carbonyl (C=O) groups excluding carboxylic acids is 4. The van der Waals surface area contributed by atoms with E-state index in [1.165, 1.54) is 0 Å². The Morgan fingerprint density at radius 2 is 1.34 bits per heavy atom. The number of aliphatic imine (C=N–C) groups is 1. The molecule has 0 bridgehead atoms. The Bertz CT molecular complexity index is 1170. The zero-order valence-corrected chi connectivity index (χ0v) is 25.0. The molecule has 0 fully saturated rings. The maximum atomic E-state index is 13.4. The van der Waals surface area contributed by atoms with Crippen molar-refractivity contribution in [1.82, 2.24) is 16.0 Å². The largest absolute Gasteiger partial charge is 0.481 e. The Labute approximate surface area is 254 Å². The lowest BCUT2D eigenvalue weighted by atomic mass is 10.1. The Kier molecular flexibility index (Phi) is 15.7. The summed E-state index contributed by atoms with van der Waals surface area (Å²) in [6.07, 6.45) is -2.42. The molecule has 0 aromatic heterocycles. The summed E-state index contributed by atoms with van der Waals surface area (Å²) in [6, 6.07) is 4.60. The number of nitrogens with two attached hydrogens (primary N) is 2.